The molecular weight excluding hydrogens is 170 g/mol. The highest BCUT2D eigenvalue weighted by molar-refractivity contribution is 5.74. The molecule has 0 atom stereocenters. The zero-order chi connectivity index (χ0) is 9.68. The molecule has 0 saturated heterocycles. The molecule has 1 N–H and O–H groups in total. The van der Waals surface area contributed by atoms with Crippen molar-refractivity contribution in [2.24, 2.45) is 0 Å². The van der Waals surface area contributed by atoms with Crippen molar-refractivity contribution < 1.29 is 14.6 Å². The summed E-state index contributed by atoms with van der Waals surface area (Å²) in [4.78, 5) is 14.3. The number of aliphatic hydroxyl groups excluding tert-OH is 1. The van der Waals surface area contributed by atoms with Gasteiger partial charge in [0.25, 0.3) is 0 Å². The Morgan fingerprint density at radius 3 is 3.00 bits per heavy atom. The second-order valence-corrected chi connectivity index (χ2v) is 2.58. The Labute approximate surface area is 76.2 Å². The number of aliphatic hydroxyl groups is 1. The molecule has 1 aromatic heterocycles. The van der Waals surface area contributed by atoms with E-state index in [2.05, 4.69) is 4.98 Å². The minimum atomic E-state index is -0.0451. The first kappa shape index (κ1) is 9.67. The van der Waals surface area contributed by atoms with Crippen molar-refractivity contribution >= 4 is 6.29 Å². The summed E-state index contributed by atoms with van der Waals surface area (Å²) in [5.41, 5.74) is 1.31. The summed E-state index contributed by atoms with van der Waals surface area (Å²) in [6.45, 7) is 1.97. The first-order valence-corrected chi connectivity index (χ1v) is 3.93. The van der Waals surface area contributed by atoms with Crippen molar-refractivity contribution in [3.05, 3.63) is 23.4 Å². The fraction of sp³-hybridized carbons (Fsp3) is 0.333. The lowest BCUT2D eigenvalue weighted by Crippen LogP contribution is -2.04. The molecule has 1 aromatic rings. The van der Waals surface area contributed by atoms with Gasteiger partial charge in [0, 0.05) is 17.3 Å². The van der Waals surface area contributed by atoms with Gasteiger partial charge in [-0.15, -0.1) is 0 Å². The summed E-state index contributed by atoms with van der Waals surface area (Å²) in [6.07, 6.45) is 2.17. The Morgan fingerprint density at radius 2 is 2.46 bits per heavy atom. The molecule has 1 heterocycles. The van der Waals surface area contributed by atoms with E-state index in [0.717, 1.165) is 11.8 Å². The molecule has 0 unspecified atom stereocenters. The highest BCUT2D eigenvalue weighted by Gasteiger charge is 2.01. The van der Waals surface area contributed by atoms with Gasteiger partial charge < -0.3 is 9.84 Å². The smallest absolute Gasteiger partial charge is 0.216 e. The van der Waals surface area contributed by atoms with Crippen molar-refractivity contribution in [2.75, 3.05) is 13.2 Å². The number of nitrogens with zero attached hydrogens (tertiary/aromatic N) is 1. The molecule has 4 nitrogen and oxygen atoms in total. The first-order chi connectivity index (χ1) is 6.27. The monoisotopic (exact) mass is 181 g/mol. The minimum absolute atomic E-state index is 0.0451. The molecule has 0 aromatic carbocycles. The zero-order valence-electron chi connectivity index (χ0n) is 7.36. The van der Waals surface area contributed by atoms with Gasteiger partial charge in [-0.25, -0.2) is 4.98 Å². The summed E-state index contributed by atoms with van der Waals surface area (Å²) >= 11 is 0. The van der Waals surface area contributed by atoms with Gasteiger partial charge in [0.15, 0.2) is 6.29 Å². The van der Waals surface area contributed by atoms with Crippen LogP contribution >= 0.6 is 0 Å². The van der Waals surface area contributed by atoms with E-state index in [1.54, 1.807) is 13.0 Å². The lowest BCUT2D eigenvalue weighted by molar-refractivity contribution is 0.112. The molecule has 0 radical (unpaired) electrons. The number of aldehydes is 1. The standard InChI is InChI=1S/C9H11NO3/c1-7-4-8(6-12)5-10-9(7)13-3-2-11/h4-6,11H,2-3H2,1H3. The van der Waals surface area contributed by atoms with Crippen LogP contribution in [-0.4, -0.2) is 29.6 Å². The second-order valence-electron chi connectivity index (χ2n) is 2.58. The van der Waals surface area contributed by atoms with E-state index < -0.39 is 0 Å². The van der Waals surface area contributed by atoms with Crippen molar-refractivity contribution in [1.29, 1.82) is 0 Å². The van der Waals surface area contributed by atoms with Crippen LogP contribution in [0.4, 0.5) is 0 Å². The van der Waals surface area contributed by atoms with Gasteiger partial charge in [0.05, 0.1) is 6.61 Å². The van der Waals surface area contributed by atoms with E-state index >= 15 is 0 Å². The maximum Gasteiger partial charge on any atom is 0.216 e. The Hall–Kier alpha value is -1.42. The predicted octanol–water partition coefficient (Wildman–Crippen LogP) is 0.574. The third-order valence-corrected chi connectivity index (χ3v) is 1.52. The summed E-state index contributed by atoms with van der Waals surface area (Å²) in [7, 11) is 0. The maximum atomic E-state index is 10.4. The highest BCUT2D eigenvalue weighted by Crippen LogP contribution is 2.13. The number of pyridine rings is 1. The average Bonchev–Trinajstić information content (AvgIpc) is 2.16. The number of ether oxygens (including phenoxy) is 1. The van der Waals surface area contributed by atoms with E-state index in [9.17, 15) is 4.79 Å². The van der Waals surface area contributed by atoms with E-state index in [1.807, 2.05) is 0 Å². The Bertz CT molecular complexity index is 299. The van der Waals surface area contributed by atoms with E-state index in [0.29, 0.717) is 11.4 Å². The van der Waals surface area contributed by atoms with Gasteiger partial charge in [-0.2, -0.15) is 0 Å². The van der Waals surface area contributed by atoms with Gasteiger partial charge in [0.1, 0.15) is 6.61 Å². The summed E-state index contributed by atoms with van der Waals surface area (Å²) in [6, 6.07) is 1.69. The SMILES string of the molecule is Cc1cc(C=O)cnc1OCCO. The van der Waals surface area contributed by atoms with Crippen LogP contribution in [-0.2, 0) is 0 Å². The molecule has 0 fully saturated rings. The highest BCUT2D eigenvalue weighted by atomic mass is 16.5. The Morgan fingerprint density at radius 1 is 1.69 bits per heavy atom. The topological polar surface area (TPSA) is 59.4 Å². The maximum absolute atomic E-state index is 10.4. The number of carbonyl (C=O) groups is 1. The van der Waals surface area contributed by atoms with Crippen LogP contribution in [0, 0.1) is 6.92 Å². The molecule has 0 amide bonds. The Kier molecular flexibility index (Phi) is 3.40. The predicted molar refractivity (Wildman–Crippen MR) is 46.9 cm³/mol. The molecular formula is C9H11NO3. The van der Waals surface area contributed by atoms with Gasteiger partial charge in [-0.3, -0.25) is 4.79 Å². The average molecular weight is 181 g/mol. The van der Waals surface area contributed by atoms with Crippen LogP contribution in [0.2, 0.25) is 0 Å². The number of aromatic nitrogens is 1. The van der Waals surface area contributed by atoms with Crippen molar-refractivity contribution in [1.82, 2.24) is 4.98 Å². The van der Waals surface area contributed by atoms with Crippen molar-refractivity contribution in [2.45, 2.75) is 6.92 Å². The molecule has 13 heavy (non-hydrogen) atoms. The van der Waals surface area contributed by atoms with Crippen LogP contribution < -0.4 is 4.74 Å². The lowest BCUT2D eigenvalue weighted by atomic mass is 10.2. The third kappa shape index (κ3) is 2.52. The minimum Gasteiger partial charge on any atom is -0.475 e. The summed E-state index contributed by atoms with van der Waals surface area (Å²) in [5.74, 6) is 0.458. The second kappa shape index (κ2) is 4.57. The zero-order valence-corrected chi connectivity index (χ0v) is 7.36. The van der Waals surface area contributed by atoms with Crippen LogP contribution in [0.5, 0.6) is 5.88 Å². The quantitative estimate of drug-likeness (QED) is 0.690. The summed E-state index contributed by atoms with van der Waals surface area (Å²) < 4.78 is 5.11. The fourth-order valence-corrected chi connectivity index (χ4v) is 0.942. The fourth-order valence-electron chi connectivity index (χ4n) is 0.942. The molecule has 0 aliphatic carbocycles. The van der Waals surface area contributed by atoms with Gasteiger partial charge in [-0.1, -0.05) is 0 Å². The number of hydrogen-bond acceptors (Lipinski definition) is 4. The van der Waals surface area contributed by atoms with E-state index in [1.165, 1.54) is 6.20 Å². The molecule has 0 spiro atoms. The summed E-state index contributed by atoms with van der Waals surface area (Å²) in [5, 5.41) is 8.51. The first-order valence-electron chi connectivity index (χ1n) is 3.93. The van der Waals surface area contributed by atoms with Crippen LogP contribution in [0.3, 0.4) is 0 Å². The van der Waals surface area contributed by atoms with Crippen molar-refractivity contribution in [3.8, 4) is 5.88 Å². The normalized spacial score (nSPS) is 9.69. The molecule has 0 aliphatic heterocycles. The molecule has 1 rings (SSSR count). The van der Waals surface area contributed by atoms with Crippen LogP contribution in [0.25, 0.3) is 0 Å². The molecule has 0 aliphatic rings. The number of rotatable bonds is 4. The molecule has 70 valence electrons. The van der Waals surface area contributed by atoms with Crippen molar-refractivity contribution in [3.63, 3.8) is 0 Å². The lowest BCUT2D eigenvalue weighted by Gasteiger charge is -2.05. The molecule has 0 saturated carbocycles. The van der Waals surface area contributed by atoms with E-state index in [-0.39, 0.29) is 13.2 Å². The largest absolute Gasteiger partial charge is 0.475 e. The molecule has 0 bridgehead atoms. The van der Waals surface area contributed by atoms with Gasteiger partial charge >= 0.3 is 0 Å². The third-order valence-electron chi connectivity index (χ3n) is 1.52. The Balaban J connectivity index is 2.79. The van der Waals surface area contributed by atoms with Gasteiger partial charge in [0.2, 0.25) is 5.88 Å². The molecule has 4 heteroatoms. The number of aryl methyl sites for hydroxylation is 1. The van der Waals surface area contributed by atoms with E-state index in [4.69, 9.17) is 9.84 Å². The number of hydrogen-bond donors (Lipinski definition) is 1. The number of carbonyl (C=O) groups excluding carboxylic acids is 1. The van der Waals surface area contributed by atoms with Crippen LogP contribution in [0.15, 0.2) is 12.3 Å². The van der Waals surface area contributed by atoms with Gasteiger partial charge in [-0.05, 0) is 13.0 Å². The van der Waals surface area contributed by atoms with Crippen LogP contribution in [0.1, 0.15) is 15.9 Å².